The molecule has 1 aromatic rings. The van der Waals surface area contributed by atoms with Crippen molar-refractivity contribution in [2.24, 2.45) is 17.8 Å². The minimum atomic E-state index is -0.167. The van der Waals surface area contributed by atoms with Crippen molar-refractivity contribution in [1.29, 1.82) is 5.26 Å². The summed E-state index contributed by atoms with van der Waals surface area (Å²) >= 11 is 0. The third-order valence-electron chi connectivity index (χ3n) is 5.67. The van der Waals surface area contributed by atoms with E-state index in [4.69, 9.17) is 5.26 Å². The predicted molar refractivity (Wildman–Crippen MR) is 74.0 cm³/mol. The van der Waals surface area contributed by atoms with E-state index in [9.17, 15) is 4.79 Å². The van der Waals surface area contributed by atoms with Gasteiger partial charge in [0, 0.05) is 11.5 Å². The van der Waals surface area contributed by atoms with E-state index in [1.54, 1.807) is 6.07 Å². The monoisotopic (exact) mass is 269 g/mol. The fourth-order valence-electron chi connectivity index (χ4n) is 5.34. The van der Waals surface area contributed by atoms with Gasteiger partial charge in [-0.15, -0.1) is 0 Å². The van der Waals surface area contributed by atoms with Gasteiger partial charge in [-0.25, -0.2) is 4.68 Å². The van der Waals surface area contributed by atoms with Crippen LogP contribution >= 0.6 is 0 Å². The number of nitriles is 1. The summed E-state index contributed by atoms with van der Waals surface area (Å²) in [6, 6.07) is 5.54. The van der Waals surface area contributed by atoms with Gasteiger partial charge in [-0.05, 0) is 62.3 Å². The summed E-state index contributed by atoms with van der Waals surface area (Å²) in [6.45, 7) is 0.0546. The van der Waals surface area contributed by atoms with Gasteiger partial charge in [-0.1, -0.05) is 0 Å². The van der Waals surface area contributed by atoms with Crippen LogP contribution in [-0.4, -0.2) is 9.78 Å². The van der Waals surface area contributed by atoms with Gasteiger partial charge in [-0.2, -0.15) is 10.4 Å². The van der Waals surface area contributed by atoms with Crippen molar-refractivity contribution in [3.8, 4) is 6.07 Å². The molecule has 5 rings (SSSR count). The quantitative estimate of drug-likeness (QED) is 0.827. The van der Waals surface area contributed by atoms with Gasteiger partial charge in [0.15, 0.2) is 0 Å². The summed E-state index contributed by atoms with van der Waals surface area (Å²) in [5.74, 6) is 2.58. The second-order valence-electron chi connectivity index (χ2n) is 7.07. The maximum atomic E-state index is 11.7. The first-order valence-electron chi connectivity index (χ1n) is 7.64. The molecule has 0 spiro atoms. The summed E-state index contributed by atoms with van der Waals surface area (Å²) < 4.78 is 1.33. The fourth-order valence-corrected chi connectivity index (χ4v) is 5.34. The van der Waals surface area contributed by atoms with Gasteiger partial charge < -0.3 is 0 Å². The van der Waals surface area contributed by atoms with E-state index in [0.29, 0.717) is 0 Å². The van der Waals surface area contributed by atoms with Crippen molar-refractivity contribution in [3.05, 3.63) is 28.2 Å². The topological polar surface area (TPSA) is 58.7 Å². The molecule has 104 valence electrons. The van der Waals surface area contributed by atoms with Crippen molar-refractivity contribution < 1.29 is 0 Å². The number of rotatable bonds is 2. The first kappa shape index (κ1) is 12.1. The summed E-state index contributed by atoms with van der Waals surface area (Å²) in [7, 11) is 0. The van der Waals surface area contributed by atoms with Crippen LogP contribution in [0, 0.1) is 29.1 Å². The standard InChI is InChI=1S/C16H19N3O/c17-3-4-19-15(20)2-1-14(18-19)16-8-11-5-12(9-16)7-13(6-11)10-16/h1-2,11-13H,4-10H2. The van der Waals surface area contributed by atoms with Gasteiger partial charge in [0.05, 0.1) is 11.8 Å². The van der Waals surface area contributed by atoms with Crippen molar-refractivity contribution in [3.63, 3.8) is 0 Å². The minimum Gasteiger partial charge on any atom is -0.268 e. The number of hydrogen-bond acceptors (Lipinski definition) is 3. The van der Waals surface area contributed by atoms with E-state index < -0.39 is 0 Å². The molecule has 4 saturated carbocycles. The zero-order valence-electron chi connectivity index (χ0n) is 11.6. The molecule has 0 N–H and O–H groups in total. The Balaban J connectivity index is 1.75. The number of aromatic nitrogens is 2. The van der Waals surface area contributed by atoms with E-state index in [1.165, 1.54) is 43.2 Å². The first-order valence-corrected chi connectivity index (χ1v) is 7.64. The Kier molecular flexibility index (Phi) is 2.54. The van der Waals surface area contributed by atoms with Crippen LogP contribution in [0.2, 0.25) is 0 Å². The summed E-state index contributed by atoms with van der Waals surface area (Å²) in [4.78, 5) is 11.7. The second kappa shape index (κ2) is 4.18. The average molecular weight is 269 g/mol. The predicted octanol–water partition coefficient (Wildman–Crippen LogP) is 2.23. The zero-order chi connectivity index (χ0) is 13.7. The molecule has 1 aromatic heterocycles. The molecule has 0 amide bonds. The summed E-state index contributed by atoms with van der Waals surface area (Å²) in [6.07, 6.45) is 7.90. The molecule has 0 saturated heterocycles. The fraction of sp³-hybridized carbons (Fsp3) is 0.688. The third kappa shape index (κ3) is 1.72. The second-order valence-corrected chi connectivity index (χ2v) is 7.07. The summed E-state index contributed by atoms with van der Waals surface area (Å²) in [5.41, 5.74) is 1.09. The van der Waals surface area contributed by atoms with E-state index in [1.807, 2.05) is 12.1 Å². The lowest BCUT2D eigenvalue weighted by molar-refractivity contribution is -0.00802. The molecule has 0 unspecified atom stereocenters. The van der Waals surface area contributed by atoms with Crippen LogP contribution in [0.5, 0.6) is 0 Å². The van der Waals surface area contributed by atoms with Crippen LogP contribution in [-0.2, 0) is 12.0 Å². The van der Waals surface area contributed by atoms with Gasteiger partial charge in [0.2, 0.25) is 0 Å². The Labute approximate surface area is 118 Å². The normalized spacial score (nSPS) is 37.9. The molecule has 4 bridgehead atoms. The van der Waals surface area contributed by atoms with Gasteiger partial charge in [-0.3, -0.25) is 4.79 Å². The van der Waals surface area contributed by atoms with Gasteiger partial charge in [0.25, 0.3) is 5.56 Å². The molecule has 0 aliphatic heterocycles. The number of hydrogen-bond donors (Lipinski definition) is 0. The Morgan fingerprint density at radius 2 is 1.80 bits per heavy atom. The lowest BCUT2D eigenvalue weighted by atomic mass is 9.49. The largest absolute Gasteiger partial charge is 0.268 e. The van der Waals surface area contributed by atoms with E-state index in [2.05, 4.69) is 5.10 Å². The highest BCUT2D eigenvalue weighted by Crippen LogP contribution is 2.60. The molecule has 0 aromatic carbocycles. The SMILES string of the molecule is N#CCn1nc(C23CC4CC(CC(C4)C2)C3)ccc1=O. The van der Waals surface area contributed by atoms with Crippen LogP contribution in [0.3, 0.4) is 0 Å². The molecule has 4 fully saturated rings. The Bertz CT molecular complexity index is 605. The maximum Gasteiger partial charge on any atom is 0.267 e. The molecule has 0 atom stereocenters. The zero-order valence-corrected chi connectivity index (χ0v) is 11.6. The number of nitrogens with zero attached hydrogens (tertiary/aromatic N) is 3. The van der Waals surface area contributed by atoms with Crippen molar-refractivity contribution >= 4 is 0 Å². The minimum absolute atomic E-state index is 0.0546. The Morgan fingerprint density at radius 3 is 2.35 bits per heavy atom. The summed E-state index contributed by atoms with van der Waals surface area (Å²) in [5, 5.41) is 13.4. The first-order chi connectivity index (χ1) is 9.68. The molecule has 4 nitrogen and oxygen atoms in total. The van der Waals surface area contributed by atoms with Crippen molar-refractivity contribution in [2.45, 2.75) is 50.5 Å². The molecule has 4 aliphatic carbocycles. The highest BCUT2D eigenvalue weighted by molar-refractivity contribution is 5.21. The van der Waals surface area contributed by atoms with Crippen LogP contribution in [0.15, 0.2) is 16.9 Å². The molecule has 20 heavy (non-hydrogen) atoms. The van der Waals surface area contributed by atoms with Crippen LogP contribution in [0.4, 0.5) is 0 Å². The van der Waals surface area contributed by atoms with E-state index in [0.717, 1.165) is 23.4 Å². The lowest BCUT2D eigenvalue weighted by Gasteiger charge is -2.56. The molecule has 4 heteroatoms. The Morgan fingerprint density at radius 1 is 1.20 bits per heavy atom. The average Bonchev–Trinajstić information content (AvgIpc) is 2.40. The molecule has 4 aliphatic rings. The van der Waals surface area contributed by atoms with Crippen LogP contribution in [0.1, 0.15) is 44.2 Å². The molecular formula is C16H19N3O. The van der Waals surface area contributed by atoms with Crippen molar-refractivity contribution in [1.82, 2.24) is 9.78 Å². The van der Waals surface area contributed by atoms with E-state index >= 15 is 0 Å². The maximum absolute atomic E-state index is 11.7. The van der Waals surface area contributed by atoms with Crippen LogP contribution < -0.4 is 5.56 Å². The lowest BCUT2D eigenvalue weighted by Crippen LogP contribution is -2.49. The smallest absolute Gasteiger partial charge is 0.267 e. The van der Waals surface area contributed by atoms with Gasteiger partial charge >= 0.3 is 0 Å². The molecule has 1 heterocycles. The highest BCUT2D eigenvalue weighted by Gasteiger charge is 2.52. The molecule has 0 radical (unpaired) electrons. The van der Waals surface area contributed by atoms with Gasteiger partial charge in [0.1, 0.15) is 6.54 Å². The van der Waals surface area contributed by atoms with Crippen molar-refractivity contribution in [2.75, 3.05) is 0 Å². The Hall–Kier alpha value is -1.63. The molecular weight excluding hydrogens is 250 g/mol. The van der Waals surface area contributed by atoms with Crippen LogP contribution in [0.25, 0.3) is 0 Å². The third-order valence-corrected chi connectivity index (χ3v) is 5.67. The van der Waals surface area contributed by atoms with E-state index in [-0.39, 0.29) is 17.5 Å². The highest BCUT2D eigenvalue weighted by atomic mass is 16.1.